The van der Waals surface area contributed by atoms with Gasteiger partial charge < -0.3 is 10.4 Å². The smallest absolute Gasteiger partial charge is 0.113 e. The number of hydrogen-bond donors (Lipinski definition) is 2. The van der Waals surface area contributed by atoms with Gasteiger partial charge in [-0.05, 0) is 30.5 Å². The van der Waals surface area contributed by atoms with Crippen molar-refractivity contribution in [2.45, 2.75) is 20.3 Å². The van der Waals surface area contributed by atoms with Gasteiger partial charge >= 0.3 is 0 Å². The molecule has 0 fully saturated rings. The molecule has 1 aromatic carbocycles. The maximum Gasteiger partial charge on any atom is 0.113 e. The molecule has 2 nitrogen and oxygen atoms in total. The van der Waals surface area contributed by atoms with Gasteiger partial charge in [0, 0.05) is 12.2 Å². The molecule has 0 aromatic heterocycles. The second-order valence-corrected chi connectivity index (χ2v) is 3.36. The molecule has 0 saturated carbocycles. The van der Waals surface area contributed by atoms with Gasteiger partial charge in [0.15, 0.2) is 0 Å². The third-order valence-corrected chi connectivity index (χ3v) is 2.35. The van der Waals surface area contributed by atoms with E-state index < -0.39 is 0 Å². The normalized spacial score (nSPS) is 10.2. The molecule has 1 aromatic rings. The number of hydrogen-bond acceptors (Lipinski definition) is 2. The van der Waals surface area contributed by atoms with E-state index in [-0.39, 0.29) is 6.61 Å². The molecule has 0 aliphatic rings. The molecule has 0 atom stereocenters. The first-order chi connectivity index (χ1) is 6.69. The minimum atomic E-state index is 0.135. The van der Waals surface area contributed by atoms with Crippen LogP contribution in [0.25, 0.3) is 0 Å². The summed E-state index contributed by atoms with van der Waals surface area (Å²) in [6.07, 6.45) is 0.977. The van der Waals surface area contributed by atoms with Crippen LogP contribution in [0.4, 0.5) is 5.69 Å². The van der Waals surface area contributed by atoms with Crippen LogP contribution in [0.15, 0.2) is 12.1 Å². The highest BCUT2D eigenvalue weighted by Crippen LogP contribution is 2.17. The van der Waals surface area contributed by atoms with Crippen molar-refractivity contribution < 1.29 is 5.11 Å². The average molecular weight is 189 g/mol. The van der Waals surface area contributed by atoms with Crippen LogP contribution in [0.3, 0.4) is 0 Å². The quantitative estimate of drug-likeness (QED) is 0.685. The van der Waals surface area contributed by atoms with Crippen LogP contribution in [-0.2, 0) is 6.42 Å². The largest absolute Gasteiger partial charge is 0.395 e. The van der Waals surface area contributed by atoms with Crippen molar-refractivity contribution in [3.8, 4) is 0 Å². The number of nitrogens with one attached hydrogen (secondary N) is 1. The zero-order valence-corrected chi connectivity index (χ0v) is 8.80. The van der Waals surface area contributed by atoms with E-state index in [2.05, 4.69) is 19.2 Å². The topological polar surface area (TPSA) is 32.3 Å². The zero-order valence-electron chi connectivity index (χ0n) is 8.80. The Labute approximate surface area is 86.8 Å². The Morgan fingerprint density at radius 1 is 1.43 bits per heavy atom. The number of benzene rings is 1. The highest BCUT2D eigenvalue weighted by molar-refractivity contribution is 6.32. The van der Waals surface area contributed by atoms with Gasteiger partial charge in [-0.15, -0.1) is 0 Å². The predicted molar refractivity (Wildman–Crippen MR) is 61.5 cm³/mol. The van der Waals surface area contributed by atoms with E-state index in [4.69, 9.17) is 13.0 Å². The fraction of sp³-hybridized carbons (Fsp3) is 0.455. The fourth-order valence-electron chi connectivity index (χ4n) is 1.54. The van der Waals surface area contributed by atoms with Crippen molar-refractivity contribution in [2.24, 2.45) is 0 Å². The summed E-state index contributed by atoms with van der Waals surface area (Å²) in [6, 6.07) is 3.91. The predicted octanol–water partition coefficient (Wildman–Crippen LogP) is 0.755. The third kappa shape index (κ3) is 2.52. The molecule has 0 bridgehead atoms. The maximum atomic E-state index is 8.72. The van der Waals surface area contributed by atoms with Crippen molar-refractivity contribution in [2.75, 3.05) is 18.5 Å². The molecule has 0 saturated heterocycles. The summed E-state index contributed by atoms with van der Waals surface area (Å²) < 4.78 is 0. The van der Waals surface area contributed by atoms with Gasteiger partial charge in [0.1, 0.15) is 7.85 Å². The SMILES string of the molecule is [B]c1cc(CC)c(C)c(NCCO)c1. The van der Waals surface area contributed by atoms with Crippen LogP contribution < -0.4 is 10.8 Å². The number of aliphatic hydroxyl groups is 1. The number of rotatable bonds is 4. The molecule has 74 valence electrons. The summed E-state index contributed by atoms with van der Waals surface area (Å²) in [5.74, 6) is 0. The van der Waals surface area contributed by atoms with Crippen molar-refractivity contribution in [3.05, 3.63) is 23.3 Å². The van der Waals surface area contributed by atoms with Gasteiger partial charge in [-0.3, -0.25) is 0 Å². The first kappa shape index (κ1) is 11.1. The lowest BCUT2D eigenvalue weighted by atomic mass is 9.90. The second-order valence-electron chi connectivity index (χ2n) is 3.36. The van der Waals surface area contributed by atoms with Gasteiger partial charge in [-0.2, -0.15) is 0 Å². The van der Waals surface area contributed by atoms with E-state index in [9.17, 15) is 0 Å². The first-order valence-corrected chi connectivity index (χ1v) is 4.92. The minimum absolute atomic E-state index is 0.135. The Morgan fingerprint density at radius 3 is 2.71 bits per heavy atom. The van der Waals surface area contributed by atoms with Crippen LogP contribution in [-0.4, -0.2) is 26.1 Å². The van der Waals surface area contributed by atoms with Crippen molar-refractivity contribution >= 4 is 19.0 Å². The highest BCUT2D eigenvalue weighted by atomic mass is 16.3. The summed E-state index contributed by atoms with van der Waals surface area (Å²) in [4.78, 5) is 0. The monoisotopic (exact) mass is 189 g/mol. The summed E-state index contributed by atoms with van der Waals surface area (Å²) in [5, 5.41) is 11.9. The van der Waals surface area contributed by atoms with Gasteiger partial charge in [-0.25, -0.2) is 0 Å². The number of aliphatic hydroxyl groups excluding tert-OH is 1. The molecule has 0 amide bonds. The molecule has 0 heterocycles. The summed E-state index contributed by atoms with van der Waals surface area (Å²) in [7, 11) is 5.77. The molecule has 0 spiro atoms. The number of anilines is 1. The number of aryl methyl sites for hydroxylation is 1. The molecular formula is C11H16BNO. The van der Waals surface area contributed by atoms with Gasteiger partial charge in [0.05, 0.1) is 6.61 Å². The molecule has 0 aliphatic carbocycles. The van der Waals surface area contributed by atoms with Crippen LogP contribution in [0.1, 0.15) is 18.1 Å². The molecule has 0 aliphatic heterocycles. The molecule has 2 N–H and O–H groups in total. The zero-order chi connectivity index (χ0) is 10.6. The van der Waals surface area contributed by atoms with Gasteiger partial charge in [0.25, 0.3) is 0 Å². The molecule has 14 heavy (non-hydrogen) atoms. The second kappa shape index (κ2) is 5.06. The van der Waals surface area contributed by atoms with Crippen LogP contribution in [0.2, 0.25) is 0 Å². The van der Waals surface area contributed by atoms with E-state index in [0.717, 1.165) is 17.6 Å². The van der Waals surface area contributed by atoms with Crippen molar-refractivity contribution in [1.29, 1.82) is 0 Å². The third-order valence-electron chi connectivity index (χ3n) is 2.35. The van der Waals surface area contributed by atoms with Gasteiger partial charge in [-0.1, -0.05) is 18.5 Å². The Balaban J connectivity index is 2.96. The summed E-state index contributed by atoms with van der Waals surface area (Å²) >= 11 is 0. The average Bonchev–Trinajstić information content (AvgIpc) is 2.18. The van der Waals surface area contributed by atoms with Crippen LogP contribution in [0, 0.1) is 6.92 Å². The summed E-state index contributed by atoms with van der Waals surface area (Å²) in [5.41, 5.74) is 4.27. The summed E-state index contributed by atoms with van der Waals surface area (Å²) in [6.45, 7) is 4.87. The van der Waals surface area contributed by atoms with E-state index in [0.29, 0.717) is 6.54 Å². The molecule has 3 heteroatoms. The highest BCUT2D eigenvalue weighted by Gasteiger charge is 2.03. The molecule has 0 unspecified atom stereocenters. The Morgan fingerprint density at radius 2 is 2.14 bits per heavy atom. The Kier molecular flexibility index (Phi) is 4.02. The molecular weight excluding hydrogens is 173 g/mol. The van der Waals surface area contributed by atoms with Crippen LogP contribution in [0.5, 0.6) is 0 Å². The van der Waals surface area contributed by atoms with E-state index >= 15 is 0 Å². The molecule has 1 rings (SSSR count). The lowest BCUT2D eigenvalue weighted by Crippen LogP contribution is -2.12. The van der Waals surface area contributed by atoms with Crippen molar-refractivity contribution in [1.82, 2.24) is 0 Å². The fourth-order valence-corrected chi connectivity index (χ4v) is 1.54. The first-order valence-electron chi connectivity index (χ1n) is 4.92. The lowest BCUT2D eigenvalue weighted by molar-refractivity contribution is 0.311. The van der Waals surface area contributed by atoms with E-state index in [1.807, 2.05) is 12.1 Å². The Bertz CT molecular complexity index is 312. The van der Waals surface area contributed by atoms with Crippen LogP contribution >= 0.6 is 0 Å². The lowest BCUT2D eigenvalue weighted by Gasteiger charge is -2.13. The van der Waals surface area contributed by atoms with E-state index in [1.54, 1.807) is 0 Å². The molecule has 2 radical (unpaired) electrons. The minimum Gasteiger partial charge on any atom is -0.395 e. The Hall–Kier alpha value is -0.955. The maximum absolute atomic E-state index is 8.72. The van der Waals surface area contributed by atoms with Crippen molar-refractivity contribution in [3.63, 3.8) is 0 Å². The standard InChI is InChI=1S/C11H16BNO/c1-3-9-6-10(12)7-11(8(9)2)13-4-5-14/h6-7,13-14H,3-5H2,1-2H3. The van der Waals surface area contributed by atoms with E-state index in [1.165, 1.54) is 11.1 Å². The van der Waals surface area contributed by atoms with Gasteiger partial charge in [0.2, 0.25) is 0 Å².